The summed E-state index contributed by atoms with van der Waals surface area (Å²) in [7, 11) is 0. The SMILES string of the molecule is O=C1CC2(CCCCC2)CC(=O)N1c1ccccc1CO. The number of imide groups is 1. The summed E-state index contributed by atoms with van der Waals surface area (Å²) in [6.45, 7) is -0.168. The smallest absolute Gasteiger partial charge is 0.234 e. The van der Waals surface area contributed by atoms with Crippen molar-refractivity contribution in [1.29, 1.82) is 0 Å². The first-order valence-corrected chi connectivity index (χ1v) is 7.70. The number of carbonyl (C=O) groups excluding carboxylic acids is 2. The lowest BCUT2D eigenvalue weighted by Gasteiger charge is -2.42. The summed E-state index contributed by atoms with van der Waals surface area (Å²) >= 11 is 0. The average molecular weight is 287 g/mol. The van der Waals surface area contributed by atoms with Gasteiger partial charge in [-0.15, -0.1) is 0 Å². The minimum atomic E-state index is -0.168. The number of anilines is 1. The quantitative estimate of drug-likeness (QED) is 0.851. The van der Waals surface area contributed by atoms with Crippen molar-refractivity contribution >= 4 is 17.5 Å². The molecule has 4 nitrogen and oxygen atoms in total. The molecule has 1 heterocycles. The van der Waals surface area contributed by atoms with E-state index in [2.05, 4.69) is 0 Å². The maximum absolute atomic E-state index is 12.6. The number of piperidine rings is 1. The molecule has 4 heteroatoms. The van der Waals surface area contributed by atoms with Gasteiger partial charge in [0.05, 0.1) is 12.3 Å². The molecule has 1 saturated carbocycles. The minimum Gasteiger partial charge on any atom is -0.392 e. The topological polar surface area (TPSA) is 57.6 Å². The summed E-state index contributed by atoms with van der Waals surface area (Å²) in [5, 5.41) is 9.41. The molecule has 1 aliphatic heterocycles. The first kappa shape index (κ1) is 14.3. The summed E-state index contributed by atoms with van der Waals surface area (Å²) in [5.41, 5.74) is 1.07. The number of aliphatic hydroxyl groups is 1. The molecule has 2 amide bonds. The van der Waals surface area contributed by atoms with Crippen LogP contribution in [0, 0.1) is 5.41 Å². The van der Waals surface area contributed by atoms with Crippen molar-refractivity contribution in [2.45, 2.75) is 51.6 Å². The second kappa shape index (κ2) is 5.60. The molecular formula is C17H21NO3. The highest BCUT2D eigenvalue weighted by molar-refractivity contribution is 6.17. The molecule has 1 spiro atoms. The molecule has 0 aromatic heterocycles. The zero-order valence-corrected chi connectivity index (χ0v) is 12.2. The molecule has 1 N–H and O–H groups in total. The van der Waals surface area contributed by atoms with Gasteiger partial charge in [0.1, 0.15) is 0 Å². The minimum absolute atomic E-state index is 0.100. The van der Waals surface area contributed by atoms with Crippen LogP contribution >= 0.6 is 0 Å². The number of rotatable bonds is 2. The zero-order chi connectivity index (χ0) is 14.9. The van der Waals surface area contributed by atoms with E-state index in [9.17, 15) is 14.7 Å². The summed E-state index contributed by atoms with van der Waals surface area (Å²) in [5.74, 6) is -0.233. The van der Waals surface area contributed by atoms with Gasteiger partial charge in [-0.1, -0.05) is 37.5 Å². The Morgan fingerprint density at radius 2 is 1.62 bits per heavy atom. The molecule has 112 valence electrons. The van der Waals surface area contributed by atoms with E-state index in [1.165, 1.54) is 11.3 Å². The third kappa shape index (κ3) is 2.60. The van der Waals surface area contributed by atoms with E-state index in [0.717, 1.165) is 25.7 Å². The maximum Gasteiger partial charge on any atom is 0.234 e. The van der Waals surface area contributed by atoms with E-state index in [1.54, 1.807) is 24.3 Å². The van der Waals surface area contributed by atoms with Gasteiger partial charge in [-0.25, -0.2) is 0 Å². The highest BCUT2D eigenvalue weighted by atomic mass is 16.3. The number of amides is 2. The molecule has 1 aliphatic carbocycles. The predicted octanol–water partition coefficient (Wildman–Crippen LogP) is 2.78. The molecular weight excluding hydrogens is 266 g/mol. The third-order valence-electron chi connectivity index (χ3n) is 4.87. The first-order chi connectivity index (χ1) is 10.2. The van der Waals surface area contributed by atoms with E-state index in [1.807, 2.05) is 0 Å². The normalized spacial score (nSPS) is 21.9. The van der Waals surface area contributed by atoms with Crippen molar-refractivity contribution in [1.82, 2.24) is 0 Å². The van der Waals surface area contributed by atoms with E-state index >= 15 is 0 Å². The molecule has 2 aliphatic rings. The Balaban J connectivity index is 1.89. The third-order valence-corrected chi connectivity index (χ3v) is 4.87. The monoisotopic (exact) mass is 287 g/mol. The largest absolute Gasteiger partial charge is 0.392 e. The number of hydrogen-bond donors (Lipinski definition) is 1. The number of para-hydroxylation sites is 1. The van der Waals surface area contributed by atoms with Gasteiger partial charge >= 0.3 is 0 Å². The molecule has 0 atom stereocenters. The lowest BCUT2D eigenvalue weighted by molar-refractivity contribution is -0.134. The van der Waals surface area contributed by atoms with Crippen LogP contribution in [-0.4, -0.2) is 16.9 Å². The van der Waals surface area contributed by atoms with Crippen LogP contribution in [0.15, 0.2) is 24.3 Å². The zero-order valence-electron chi connectivity index (χ0n) is 12.2. The van der Waals surface area contributed by atoms with Gasteiger partial charge in [-0.2, -0.15) is 0 Å². The van der Waals surface area contributed by atoms with Crippen molar-refractivity contribution in [3.8, 4) is 0 Å². The molecule has 0 radical (unpaired) electrons. The number of nitrogens with zero attached hydrogens (tertiary/aromatic N) is 1. The van der Waals surface area contributed by atoms with Gasteiger partial charge in [0.15, 0.2) is 0 Å². The highest BCUT2D eigenvalue weighted by Gasteiger charge is 2.44. The van der Waals surface area contributed by atoms with Crippen LogP contribution in [0.1, 0.15) is 50.5 Å². The van der Waals surface area contributed by atoms with Crippen molar-refractivity contribution in [2.24, 2.45) is 5.41 Å². The standard InChI is InChI=1S/C17H21NO3/c19-12-13-6-2-3-7-14(13)18-15(20)10-17(11-16(18)21)8-4-1-5-9-17/h2-3,6-7,19H,1,4-5,8-12H2. The Kier molecular flexibility index (Phi) is 3.81. The van der Waals surface area contributed by atoms with Gasteiger partial charge in [0.25, 0.3) is 0 Å². The predicted molar refractivity (Wildman–Crippen MR) is 79.6 cm³/mol. The Bertz CT molecular complexity index is 541. The maximum atomic E-state index is 12.6. The fourth-order valence-electron chi connectivity index (χ4n) is 3.79. The molecule has 1 aromatic rings. The van der Waals surface area contributed by atoms with Crippen LogP contribution in [-0.2, 0) is 16.2 Å². The van der Waals surface area contributed by atoms with Crippen molar-refractivity contribution < 1.29 is 14.7 Å². The van der Waals surface area contributed by atoms with E-state index in [0.29, 0.717) is 24.1 Å². The Hall–Kier alpha value is -1.68. The average Bonchev–Trinajstić information content (AvgIpc) is 2.47. The number of aliphatic hydroxyl groups excluding tert-OH is 1. The van der Waals surface area contributed by atoms with Crippen molar-refractivity contribution in [2.75, 3.05) is 4.90 Å². The second-order valence-corrected chi connectivity index (χ2v) is 6.32. The summed E-state index contributed by atoms with van der Waals surface area (Å²) in [6.07, 6.45) is 6.33. The van der Waals surface area contributed by atoms with Gasteiger partial charge < -0.3 is 5.11 Å². The summed E-state index contributed by atoms with van der Waals surface area (Å²) in [6, 6.07) is 7.08. The Labute approximate surface area is 124 Å². The lowest BCUT2D eigenvalue weighted by Crippen LogP contribution is -2.49. The number of benzene rings is 1. The van der Waals surface area contributed by atoms with Crippen LogP contribution in [0.2, 0.25) is 0 Å². The fourth-order valence-corrected chi connectivity index (χ4v) is 3.79. The van der Waals surface area contributed by atoms with Crippen LogP contribution in [0.4, 0.5) is 5.69 Å². The molecule has 3 rings (SSSR count). The van der Waals surface area contributed by atoms with Crippen LogP contribution < -0.4 is 4.90 Å². The van der Waals surface area contributed by atoms with Crippen LogP contribution in [0.5, 0.6) is 0 Å². The Morgan fingerprint density at radius 1 is 1.00 bits per heavy atom. The van der Waals surface area contributed by atoms with Gasteiger partial charge in [0, 0.05) is 18.4 Å². The second-order valence-electron chi connectivity index (χ2n) is 6.32. The molecule has 1 saturated heterocycles. The van der Waals surface area contributed by atoms with Gasteiger partial charge in [0.2, 0.25) is 11.8 Å². The van der Waals surface area contributed by atoms with Crippen LogP contribution in [0.25, 0.3) is 0 Å². The van der Waals surface area contributed by atoms with E-state index in [4.69, 9.17) is 0 Å². The summed E-state index contributed by atoms with van der Waals surface area (Å²) < 4.78 is 0. The highest BCUT2D eigenvalue weighted by Crippen LogP contribution is 2.46. The van der Waals surface area contributed by atoms with Gasteiger partial charge in [-0.05, 0) is 24.3 Å². The van der Waals surface area contributed by atoms with E-state index in [-0.39, 0.29) is 23.8 Å². The van der Waals surface area contributed by atoms with Crippen LogP contribution in [0.3, 0.4) is 0 Å². The molecule has 0 bridgehead atoms. The van der Waals surface area contributed by atoms with Gasteiger partial charge in [-0.3, -0.25) is 14.5 Å². The lowest BCUT2D eigenvalue weighted by atomic mass is 9.67. The molecule has 2 fully saturated rings. The molecule has 21 heavy (non-hydrogen) atoms. The number of hydrogen-bond acceptors (Lipinski definition) is 3. The van der Waals surface area contributed by atoms with E-state index < -0.39 is 0 Å². The first-order valence-electron chi connectivity index (χ1n) is 7.70. The fraction of sp³-hybridized carbons (Fsp3) is 0.529. The molecule has 0 unspecified atom stereocenters. The molecule has 1 aromatic carbocycles. The van der Waals surface area contributed by atoms with Crippen molar-refractivity contribution in [3.63, 3.8) is 0 Å². The van der Waals surface area contributed by atoms with Crippen molar-refractivity contribution in [3.05, 3.63) is 29.8 Å². The Morgan fingerprint density at radius 3 is 2.24 bits per heavy atom. The number of carbonyl (C=O) groups is 2. The summed E-state index contributed by atoms with van der Waals surface area (Å²) in [4.78, 5) is 26.4.